The van der Waals surface area contributed by atoms with Crippen molar-refractivity contribution in [1.29, 1.82) is 0 Å². The van der Waals surface area contributed by atoms with E-state index in [1.54, 1.807) is 0 Å². The average molecular weight is 903 g/mol. The summed E-state index contributed by atoms with van der Waals surface area (Å²) in [5.41, 5.74) is 14.8. The maximum absolute atomic E-state index is 5.35. The van der Waals surface area contributed by atoms with Crippen LogP contribution in [0.3, 0.4) is 0 Å². The standard InChI is InChI=1S/C67H70N2/c1-11-18-21-24-35-53(9)65(55(15-5)36-20-13-3)69-50-32-31-43-61(16-6)68-66(69)58-47-45-57(46-48-58)64(63-44-30-29-38-56(63)37-23-19-12-2)62(17-7)54(14-4)40-33-49-67(10,60-41-25-22-26-42-60)51-59-39-28-27-34-52(59)8/h11-34,36-50H,4-5,7,35,51H2,1-3,6,8-10H3/b18-11-,19-12+,20-13-,24-21-,37-23-,43-31-,49-33+,50-32-,54-40+,55-36+,61-16-,64-62-,65-53+,68-66?. The zero-order chi connectivity index (χ0) is 49.4. The van der Waals surface area contributed by atoms with E-state index >= 15 is 0 Å². The van der Waals surface area contributed by atoms with Gasteiger partial charge in [0.15, 0.2) is 0 Å². The monoisotopic (exact) mass is 903 g/mol. The highest BCUT2D eigenvalue weighted by Gasteiger charge is 2.25. The number of aryl methyl sites for hydroxylation is 1. The van der Waals surface area contributed by atoms with Crippen LogP contribution in [0.15, 0.2) is 289 Å². The van der Waals surface area contributed by atoms with Crippen LogP contribution in [0, 0.1) is 6.92 Å². The number of benzene rings is 4. The number of allylic oxidation sites excluding steroid dienone is 23. The van der Waals surface area contributed by atoms with Gasteiger partial charge in [-0.1, -0.05) is 245 Å². The summed E-state index contributed by atoms with van der Waals surface area (Å²) in [7, 11) is 0. The van der Waals surface area contributed by atoms with E-state index < -0.39 is 0 Å². The maximum Gasteiger partial charge on any atom is 0.145 e. The first-order valence-corrected chi connectivity index (χ1v) is 24.0. The smallest absolute Gasteiger partial charge is 0.145 e. The van der Waals surface area contributed by atoms with Crippen LogP contribution in [-0.4, -0.2) is 10.7 Å². The minimum Gasteiger partial charge on any atom is -0.301 e. The van der Waals surface area contributed by atoms with Crippen molar-refractivity contribution in [2.24, 2.45) is 4.99 Å². The molecule has 69 heavy (non-hydrogen) atoms. The van der Waals surface area contributed by atoms with Gasteiger partial charge in [-0.3, -0.25) is 0 Å². The number of rotatable bonds is 20. The van der Waals surface area contributed by atoms with Crippen LogP contribution in [0.2, 0.25) is 0 Å². The van der Waals surface area contributed by atoms with E-state index in [-0.39, 0.29) is 5.41 Å². The maximum atomic E-state index is 5.35. The lowest BCUT2D eigenvalue weighted by Gasteiger charge is -2.29. The first-order chi connectivity index (χ1) is 33.7. The second-order valence-corrected chi connectivity index (χ2v) is 17.0. The summed E-state index contributed by atoms with van der Waals surface area (Å²) in [5.74, 6) is 0.795. The summed E-state index contributed by atoms with van der Waals surface area (Å²) in [6.45, 7) is 27.9. The summed E-state index contributed by atoms with van der Waals surface area (Å²) in [5, 5.41) is 0. The van der Waals surface area contributed by atoms with Crippen LogP contribution in [0.1, 0.15) is 86.9 Å². The van der Waals surface area contributed by atoms with Gasteiger partial charge in [-0.2, -0.15) is 0 Å². The van der Waals surface area contributed by atoms with E-state index in [9.17, 15) is 0 Å². The van der Waals surface area contributed by atoms with Crippen LogP contribution >= 0.6 is 0 Å². The Labute approximate surface area is 415 Å². The van der Waals surface area contributed by atoms with Gasteiger partial charge in [0.25, 0.3) is 0 Å². The van der Waals surface area contributed by atoms with E-state index in [4.69, 9.17) is 4.99 Å². The van der Waals surface area contributed by atoms with Crippen molar-refractivity contribution in [2.45, 2.75) is 66.7 Å². The van der Waals surface area contributed by atoms with Gasteiger partial charge in [0.05, 0.1) is 11.4 Å². The van der Waals surface area contributed by atoms with Crippen LogP contribution in [0.5, 0.6) is 0 Å². The molecule has 2 nitrogen and oxygen atoms in total. The molecule has 1 heterocycles. The summed E-state index contributed by atoms with van der Waals surface area (Å²) in [6, 6.07) is 36.8. The lowest BCUT2D eigenvalue weighted by atomic mass is 9.76. The predicted octanol–water partition coefficient (Wildman–Crippen LogP) is 18.0. The van der Waals surface area contributed by atoms with Gasteiger partial charge in [0.2, 0.25) is 0 Å². The van der Waals surface area contributed by atoms with Gasteiger partial charge in [-0.05, 0) is 128 Å². The van der Waals surface area contributed by atoms with Crippen molar-refractivity contribution in [3.8, 4) is 0 Å². The van der Waals surface area contributed by atoms with Crippen molar-refractivity contribution < 1.29 is 0 Å². The predicted molar refractivity (Wildman–Crippen MR) is 304 cm³/mol. The summed E-state index contributed by atoms with van der Waals surface area (Å²) in [6.07, 6.45) is 47.4. The highest BCUT2D eigenvalue weighted by Crippen LogP contribution is 2.37. The van der Waals surface area contributed by atoms with Gasteiger partial charge in [0.1, 0.15) is 5.84 Å². The van der Waals surface area contributed by atoms with Crippen molar-refractivity contribution >= 4 is 17.5 Å². The molecule has 1 unspecified atom stereocenters. The Hall–Kier alpha value is -7.81. The quantitative estimate of drug-likeness (QED) is 0.0807. The third-order valence-corrected chi connectivity index (χ3v) is 12.1. The zero-order valence-electron chi connectivity index (χ0n) is 41.9. The molecule has 0 spiro atoms. The fourth-order valence-electron chi connectivity index (χ4n) is 8.34. The fraction of sp³-hybridized carbons (Fsp3) is 0.149. The number of amidine groups is 1. The number of aliphatic imine (C=N–C) groups is 1. The SMILES string of the molecule is C=CC(=C(\c1ccc(C2=NC(=C\C)/C=C\C=C/N2C(/C(C=C)=C/C=C\C)=C(\C)C/C=C\C=C/C)cc1)c1ccccc1/C=C\C=C\C)/C(C=C)=C/C=C/C(C)(Cc1ccccc1C)c1ccccc1. The minimum atomic E-state index is -0.270. The molecule has 348 valence electrons. The minimum absolute atomic E-state index is 0.270. The normalized spacial score (nSPS) is 17.1. The molecule has 1 aliphatic heterocycles. The van der Waals surface area contributed by atoms with Crippen molar-refractivity contribution in [3.05, 3.63) is 323 Å². The molecule has 0 aromatic heterocycles. The second-order valence-electron chi connectivity index (χ2n) is 17.0. The largest absolute Gasteiger partial charge is 0.301 e. The molecule has 4 aromatic rings. The second kappa shape index (κ2) is 27.1. The fourth-order valence-corrected chi connectivity index (χ4v) is 8.34. The molecule has 0 aliphatic carbocycles. The van der Waals surface area contributed by atoms with Gasteiger partial charge < -0.3 is 4.90 Å². The Balaban J connectivity index is 1.75. The molecule has 0 bridgehead atoms. The van der Waals surface area contributed by atoms with Crippen LogP contribution < -0.4 is 0 Å². The first kappa shape index (κ1) is 52.2. The molecule has 2 heteroatoms. The summed E-state index contributed by atoms with van der Waals surface area (Å²) >= 11 is 0. The Morgan fingerprint density at radius 2 is 1.35 bits per heavy atom. The molecule has 0 N–H and O–H groups in total. The number of nitrogens with zero attached hydrogens (tertiary/aromatic N) is 2. The van der Waals surface area contributed by atoms with E-state index in [1.807, 2.05) is 82.4 Å². The van der Waals surface area contributed by atoms with Gasteiger partial charge in [-0.15, -0.1) is 0 Å². The highest BCUT2D eigenvalue weighted by atomic mass is 15.2. The molecular weight excluding hydrogens is 833 g/mol. The molecule has 0 radical (unpaired) electrons. The molecule has 5 rings (SSSR count). The van der Waals surface area contributed by atoms with E-state index in [0.717, 1.165) is 74.6 Å². The molecule has 1 atom stereocenters. The summed E-state index contributed by atoms with van der Waals surface area (Å²) < 4.78 is 0. The van der Waals surface area contributed by atoms with Crippen molar-refractivity contribution in [1.82, 2.24) is 4.90 Å². The molecule has 0 amide bonds. The highest BCUT2D eigenvalue weighted by molar-refractivity contribution is 6.02. The van der Waals surface area contributed by atoms with Gasteiger partial charge >= 0.3 is 0 Å². The average Bonchev–Trinajstić information content (AvgIpc) is 3.37. The third-order valence-electron chi connectivity index (χ3n) is 12.1. The molecule has 4 aromatic carbocycles. The third kappa shape index (κ3) is 14.1. The van der Waals surface area contributed by atoms with E-state index in [1.165, 1.54) is 22.3 Å². The molecule has 0 saturated carbocycles. The number of hydrogen-bond acceptors (Lipinski definition) is 2. The Bertz CT molecular complexity index is 2860. The van der Waals surface area contributed by atoms with Gasteiger partial charge in [-0.25, -0.2) is 4.99 Å². The first-order valence-electron chi connectivity index (χ1n) is 24.0. The Kier molecular flexibility index (Phi) is 20.5. The Morgan fingerprint density at radius 3 is 2.03 bits per heavy atom. The zero-order valence-corrected chi connectivity index (χ0v) is 41.9. The van der Waals surface area contributed by atoms with Crippen molar-refractivity contribution in [2.75, 3.05) is 0 Å². The number of hydrogen-bond donors (Lipinski definition) is 0. The topological polar surface area (TPSA) is 15.6 Å². The molecule has 0 saturated heterocycles. The molecule has 1 aliphatic rings. The van der Waals surface area contributed by atoms with E-state index in [2.05, 4.69) is 228 Å². The summed E-state index contributed by atoms with van der Waals surface area (Å²) in [4.78, 5) is 7.56. The van der Waals surface area contributed by atoms with E-state index in [0.29, 0.717) is 0 Å². The van der Waals surface area contributed by atoms with Crippen LogP contribution in [-0.2, 0) is 11.8 Å². The van der Waals surface area contributed by atoms with Crippen LogP contribution in [0.25, 0.3) is 11.6 Å². The molecular formula is C67H70N2. The van der Waals surface area contributed by atoms with Crippen molar-refractivity contribution in [3.63, 3.8) is 0 Å². The lowest BCUT2D eigenvalue weighted by molar-refractivity contribution is 0.589. The lowest BCUT2D eigenvalue weighted by Crippen LogP contribution is -2.28. The molecule has 0 fully saturated rings. The van der Waals surface area contributed by atoms with Gasteiger partial charge in [0, 0.05) is 17.2 Å². The van der Waals surface area contributed by atoms with Crippen LogP contribution in [0.4, 0.5) is 0 Å². The Morgan fingerprint density at radius 1 is 0.681 bits per heavy atom.